The van der Waals surface area contributed by atoms with Crippen LogP contribution in [0.4, 0.5) is 14.9 Å². The highest BCUT2D eigenvalue weighted by atomic mass is 35.5. The first-order chi connectivity index (χ1) is 9.38. The molecule has 1 aromatic carbocycles. The van der Waals surface area contributed by atoms with E-state index in [2.05, 4.69) is 5.32 Å². The molecule has 0 aliphatic carbocycles. The van der Waals surface area contributed by atoms with Gasteiger partial charge in [0.1, 0.15) is 5.82 Å². The Morgan fingerprint density at radius 1 is 1.25 bits per heavy atom. The van der Waals surface area contributed by atoms with E-state index in [0.29, 0.717) is 0 Å². The molecule has 3 amide bonds. The Kier molecular flexibility index (Phi) is 5.92. The standard InChI is InChI=1S/C12H12ClFN2O4/c13-8-6-7(14)4-5-9(8)15-12(20)16-10(17)2-1-3-11(18)19/h4-6H,1-3H2,(H,18,19)(H2,15,16,17,20). The van der Waals surface area contributed by atoms with Crippen LogP contribution in [0.5, 0.6) is 0 Å². The number of anilines is 1. The number of halogens is 2. The number of urea groups is 1. The number of nitrogens with one attached hydrogen (secondary N) is 2. The molecule has 0 fully saturated rings. The summed E-state index contributed by atoms with van der Waals surface area (Å²) in [5, 5.41) is 12.7. The van der Waals surface area contributed by atoms with Crippen molar-refractivity contribution in [3.05, 3.63) is 29.0 Å². The number of imide groups is 1. The van der Waals surface area contributed by atoms with Crippen LogP contribution >= 0.6 is 11.6 Å². The van der Waals surface area contributed by atoms with E-state index >= 15 is 0 Å². The fourth-order valence-electron chi connectivity index (χ4n) is 1.33. The number of carboxylic acids is 1. The highest BCUT2D eigenvalue weighted by Crippen LogP contribution is 2.22. The predicted molar refractivity (Wildman–Crippen MR) is 70.1 cm³/mol. The van der Waals surface area contributed by atoms with E-state index in [1.54, 1.807) is 0 Å². The van der Waals surface area contributed by atoms with Crippen LogP contribution in [0.3, 0.4) is 0 Å². The summed E-state index contributed by atoms with van der Waals surface area (Å²) in [5.74, 6) is -2.17. The Hall–Kier alpha value is -2.15. The van der Waals surface area contributed by atoms with E-state index in [1.807, 2.05) is 5.32 Å². The third-order valence-corrected chi connectivity index (χ3v) is 2.54. The number of carbonyl (C=O) groups is 3. The van der Waals surface area contributed by atoms with Gasteiger partial charge in [-0.05, 0) is 24.6 Å². The Morgan fingerprint density at radius 2 is 1.95 bits per heavy atom. The molecule has 20 heavy (non-hydrogen) atoms. The average molecular weight is 303 g/mol. The van der Waals surface area contributed by atoms with Gasteiger partial charge in [-0.1, -0.05) is 11.6 Å². The van der Waals surface area contributed by atoms with Crippen LogP contribution < -0.4 is 10.6 Å². The highest BCUT2D eigenvalue weighted by Gasteiger charge is 2.10. The van der Waals surface area contributed by atoms with Gasteiger partial charge in [-0.15, -0.1) is 0 Å². The van der Waals surface area contributed by atoms with Gasteiger partial charge in [-0.2, -0.15) is 0 Å². The molecule has 0 unspecified atom stereocenters. The van der Waals surface area contributed by atoms with Crippen molar-refractivity contribution in [3.63, 3.8) is 0 Å². The lowest BCUT2D eigenvalue weighted by molar-refractivity contribution is -0.137. The molecule has 0 aliphatic heterocycles. The number of rotatable bonds is 5. The molecule has 1 aromatic rings. The normalized spacial score (nSPS) is 9.90. The minimum atomic E-state index is -1.01. The van der Waals surface area contributed by atoms with Gasteiger partial charge in [0.2, 0.25) is 5.91 Å². The second kappa shape index (κ2) is 7.44. The lowest BCUT2D eigenvalue weighted by Crippen LogP contribution is -2.34. The number of hydrogen-bond acceptors (Lipinski definition) is 3. The fourth-order valence-corrected chi connectivity index (χ4v) is 1.55. The summed E-state index contributed by atoms with van der Waals surface area (Å²) < 4.78 is 12.8. The van der Waals surface area contributed by atoms with Crippen molar-refractivity contribution in [2.45, 2.75) is 19.3 Å². The van der Waals surface area contributed by atoms with Crippen molar-refractivity contribution in [2.75, 3.05) is 5.32 Å². The van der Waals surface area contributed by atoms with Crippen molar-refractivity contribution in [3.8, 4) is 0 Å². The Bertz CT molecular complexity index is 536. The summed E-state index contributed by atoms with van der Waals surface area (Å²) in [6, 6.07) is 2.56. The van der Waals surface area contributed by atoms with Crippen LogP contribution in [0.2, 0.25) is 5.02 Å². The molecule has 6 nitrogen and oxygen atoms in total. The van der Waals surface area contributed by atoms with E-state index in [4.69, 9.17) is 16.7 Å². The second-order valence-corrected chi connectivity index (χ2v) is 4.28. The van der Waals surface area contributed by atoms with Crippen LogP contribution in [-0.4, -0.2) is 23.0 Å². The molecule has 0 aromatic heterocycles. The first kappa shape index (κ1) is 15.9. The first-order valence-corrected chi connectivity index (χ1v) is 6.04. The molecular weight excluding hydrogens is 291 g/mol. The zero-order chi connectivity index (χ0) is 15.1. The zero-order valence-corrected chi connectivity index (χ0v) is 11.0. The fraction of sp³-hybridized carbons (Fsp3) is 0.250. The molecule has 0 aliphatic rings. The van der Waals surface area contributed by atoms with Crippen LogP contribution in [0.25, 0.3) is 0 Å². The summed E-state index contributed by atoms with van der Waals surface area (Å²) in [5.41, 5.74) is 0.156. The third-order valence-electron chi connectivity index (χ3n) is 2.23. The molecule has 0 saturated carbocycles. The van der Waals surface area contributed by atoms with Gasteiger partial charge in [0, 0.05) is 12.8 Å². The predicted octanol–water partition coefficient (Wildman–Crippen LogP) is 2.38. The van der Waals surface area contributed by atoms with Crippen molar-refractivity contribution in [1.29, 1.82) is 0 Å². The molecule has 0 atom stereocenters. The number of amides is 3. The maximum Gasteiger partial charge on any atom is 0.325 e. The highest BCUT2D eigenvalue weighted by molar-refractivity contribution is 6.33. The Balaban J connectivity index is 2.43. The maximum absolute atomic E-state index is 12.8. The van der Waals surface area contributed by atoms with E-state index in [-0.39, 0.29) is 30.0 Å². The van der Waals surface area contributed by atoms with Gasteiger partial charge in [-0.3, -0.25) is 14.9 Å². The minimum absolute atomic E-state index is 0.00141. The number of hydrogen-bond donors (Lipinski definition) is 3. The molecule has 0 radical (unpaired) electrons. The summed E-state index contributed by atoms with van der Waals surface area (Å²) in [4.78, 5) is 33.0. The van der Waals surface area contributed by atoms with Gasteiger partial charge in [0.15, 0.2) is 0 Å². The molecule has 0 spiro atoms. The molecular formula is C12H12ClFN2O4. The monoisotopic (exact) mass is 302 g/mol. The summed E-state index contributed by atoms with van der Waals surface area (Å²) in [7, 11) is 0. The number of carboxylic acid groups (broad SMARTS) is 1. The zero-order valence-electron chi connectivity index (χ0n) is 10.3. The third kappa shape index (κ3) is 5.66. The molecule has 108 valence electrons. The summed E-state index contributed by atoms with van der Waals surface area (Å²) >= 11 is 5.70. The van der Waals surface area contributed by atoms with Gasteiger partial charge < -0.3 is 10.4 Å². The SMILES string of the molecule is O=C(O)CCCC(=O)NC(=O)Nc1ccc(F)cc1Cl. The molecule has 1 rings (SSSR count). The van der Waals surface area contributed by atoms with E-state index in [9.17, 15) is 18.8 Å². The Morgan fingerprint density at radius 3 is 2.55 bits per heavy atom. The topological polar surface area (TPSA) is 95.5 Å². The molecule has 0 saturated heterocycles. The summed E-state index contributed by atoms with van der Waals surface area (Å²) in [6.45, 7) is 0. The van der Waals surface area contributed by atoms with Crippen LogP contribution in [0.15, 0.2) is 18.2 Å². The van der Waals surface area contributed by atoms with E-state index in [0.717, 1.165) is 12.1 Å². The minimum Gasteiger partial charge on any atom is -0.481 e. The molecule has 0 heterocycles. The maximum atomic E-state index is 12.8. The largest absolute Gasteiger partial charge is 0.481 e. The first-order valence-electron chi connectivity index (χ1n) is 5.66. The van der Waals surface area contributed by atoms with E-state index in [1.165, 1.54) is 6.07 Å². The average Bonchev–Trinajstić information content (AvgIpc) is 2.32. The van der Waals surface area contributed by atoms with Gasteiger partial charge in [0.25, 0.3) is 0 Å². The van der Waals surface area contributed by atoms with Crippen LogP contribution in [0.1, 0.15) is 19.3 Å². The van der Waals surface area contributed by atoms with Crippen LogP contribution in [0, 0.1) is 5.82 Å². The quantitative estimate of drug-likeness (QED) is 0.778. The molecule has 0 bridgehead atoms. The van der Waals surface area contributed by atoms with Crippen molar-refractivity contribution in [1.82, 2.24) is 5.32 Å². The number of carbonyl (C=O) groups excluding carboxylic acids is 2. The Labute approximate surface area is 118 Å². The van der Waals surface area contributed by atoms with Crippen LogP contribution in [-0.2, 0) is 9.59 Å². The van der Waals surface area contributed by atoms with Crippen molar-refractivity contribution >= 4 is 35.2 Å². The van der Waals surface area contributed by atoms with Crippen molar-refractivity contribution < 1.29 is 23.9 Å². The number of benzene rings is 1. The van der Waals surface area contributed by atoms with Gasteiger partial charge >= 0.3 is 12.0 Å². The smallest absolute Gasteiger partial charge is 0.325 e. The molecule has 3 N–H and O–H groups in total. The lowest BCUT2D eigenvalue weighted by Gasteiger charge is -2.08. The second-order valence-electron chi connectivity index (χ2n) is 3.87. The molecule has 8 heteroatoms. The van der Waals surface area contributed by atoms with Gasteiger partial charge in [0.05, 0.1) is 10.7 Å². The summed E-state index contributed by atoms with van der Waals surface area (Å²) in [6.07, 6.45) is -0.110. The lowest BCUT2D eigenvalue weighted by atomic mass is 10.2. The van der Waals surface area contributed by atoms with E-state index < -0.39 is 23.7 Å². The number of aliphatic carboxylic acids is 1. The van der Waals surface area contributed by atoms with Gasteiger partial charge in [-0.25, -0.2) is 9.18 Å². The van der Waals surface area contributed by atoms with Crippen molar-refractivity contribution in [2.24, 2.45) is 0 Å².